The van der Waals surface area contributed by atoms with Crippen molar-refractivity contribution in [1.29, 1.82) is 0 Å². The Labute approximate surface area is 194 Å². The topological polar surface area (TPSA) is 69.3 Å². The van der Waals surface area contributed by atoms with Gasteiger partial charge in [-0.05, 0) is 42.3 Å². The molecule has 6 nitrogen and oxygen atoms in total. The molecule has 0 amide bonds. The summed E-state index contributed by atoms with van der Waals surface area (Å²) in [4.78, 5) is 16.9. The van der Waals surface area contributed by atoms with E-state index in [0.717, 1.165) is 42.1 Å². The van der Waals surface area contributed by atoms with Gasteiger partial charge < -0.3 is 19.0 Å². The van der Waals surface area contributed by atoms with Crippen molar-refractivity contribution >= 4 is 5.97 Å². The van der Waals surface area contributed by atoms with Crippen molar-refractivity contribution in [2.75, 3.05) is 13.7 Å². The van der Waals surface area contributed by atoms with Gasteiger partial charge in [0, 0.05) is 43.9 Å². The van der Waals surface area contributed by atoms with Crippen LogP contribution in [0.2, 0.25) is 0 Å². The molecule has 0 saturated carbocycles. The molecule has 0 aliphatic heterocycles. The highest BCUT2D eigenvalue weighted by Gasteiger charge is 2.20. The SMILES string of the molecule is COC(=O)[C@H](Cc1ccc(CNCCc2nc(-c3ccccc3)oc2C)cc1)n1cccc1. The van der Waals surface area contributed by atoms with Crippen LogP contribution in [0.25, 0.3) is 11.5 Å². The summed E-state index contributed by atoms with van der Waals surface area (Å²) < 4.78 is 12.7. The van der Waals surface area contributed by atoms with Crippen LogP contribution in [0.5, 0.6) is 0 Å². The minimum absolute atomic E-state index is 0.240. The molecule has 0 unspecified atom stereocenters. The number of esters is 1. The molecule has 1 N–H and O–H groups in total. The third kappa shape index (κ3) is 5.79. The number of aryl methyl sites for hydroxylation is 1. The van der Waals surface area contributed by atoms with E-state index in [0.29, 0.717) is 12.3 Å². The van der Waals surface area contributed by atoms with Crippen molar-refractivity contribution in [3.8, 4) is 11.5 Å². The van der Waals surface area contributed by atoms with Gasteiger partial charge in [-0.3, -0.25) is 0 Å². The number of ether oxygens (including phenoxy) is 1. The van der Waals surface area contributed by atoms with Gasteiger partial charge in [0.2, 0.25) is 5.89 Å². The Balaban J connectivity index is 1.28. The lowest BCUT2D eigenvalue weighted by Gasteiger charge is -2.17. The fourth-order valence-corrected chi connectivity index (χ4v) is 3.82. The summed E-state index contributed by atoms with van der Waals surface area (Å²) in [5.74, 6) is 1.29. The molecule has 0 aliphatic carbocycles. The van der Waals surface area contributed by atoms with E-state index in [1.807, 2.05) is 66.3 Å². The monoisotopic (exact) mass is 443 g/mol. The Morgan fingerprint density at radius 2 is 1.73 bits per heavy atom. The molecule has 2 heterocycles. The van der Waals surface area contributed by atoms with Crippen LogP contribution in [0.1, 0.15) is 28.6 Å². The number of hydrogen-bond acceptors (Lipinski definition) is 5. The summed E-state index contributed by atoms with van der Waals surface area (Å²) in [7, 11) is 1.43. The summed E-state index contributed by atoms with van der Waals surface area (Å²) in [6, 6.07) is 21.8. The van der Waals surface area contributed by atoms with E-state index in [-0.39, 0.29) is 12.0 Å². The second-order valence-corrected chi connectivity index (χ2v) is 8.00. The summed E-state index contributed by atoms with van der Waals surface area (Å²) in [6.07, 6.45) is 5.17. The van der Waals surface area contributed by atoms with Gasteiger partial charge in [0.1, 0.15) is 11.8 Å². The zero-order valence-corrected chi connectivity index (χ0v) is 19.0. The number of carbonyl (C=O) groups excluding carboxylic acids is 1. The van der Waals surface area contributed by atoms with Crippen LogP contribution in [-0.2, 0) is 28.9 Å². The first kappa shape index (κ1) is 22.6. The van der Waals surface area contributed by atoms with Crippen LogP contribution in [-0.4, -0.2) is 29.2 Å². The van der Waals surface area contributed by atoms with Crippen molar-refractivity contribution in [1.82, 2.24) is 14.9 Å². The van der Waals surface area contributed by atoms with Crippen LogP contribution in [0, 0.1) is 6.92 Å². The van der Waals surface area contributed by atoms with Crippen molar-refractivity contribution < 1.29 is 13.9 Å². The fraction of sp³-hybridized carbons (Fsp3) is 0.259. The Hall–Kier alpha value is -3.64. The molecule has 0 spiro atoms. The molecule has 2 aromatic heterocycles. The molecule has 170 valence electrons. The first-order valence-corrected chi connectivity index (χ1v) is 11.1. The van der Waals surface area contributed by atoms with E-state index in [4.69, 9.17) is 9.15 Å². The zero-order valence-electron chi connectivity index (χ0n) is 19.0. The van der Waals surface area contributed by atoms with Crippen molar-refractivity contribution in [3.05, 3.63) is 102 Å². The van der Waals surface area contributed by atoms with E-state index < -0.39 is 0 Å². The number of hydrogen-bond donors (Lipinski definition) is 1. The van der Waals surface area contributed by atoms with Gasteiger partial charge in [0.15, 0.2) is 0 Å². The average Bonchev–Trinajstić information content (AvgIpc) is 3.51. The minimum Gasteiger partial charge on any atom is -0.467 e. The number of benzene rings is 2. The Bertz CT molecular complexity index is 1150. The maximum atomic E-state index is 12.2. The zero-order chi connectivity index (χ0) is 23.0. The lowest BCUT2D eigenvalue weighted by Crippen LogP contribution is -2.22. The third-order valence-corrected chi connectivity index (χ3v) is 5.69. The summed E-state index contributed by atoms with van der Waals surface area (Å²) in [5, 5.41) is 3.48. The predicted octanol–water partition coefficient (Wildman–Crippen LogP) is 4.74. The van der Waals surface area contributed by atoms with Gasteiger partial charge in [-0.15, -0.1) is 0 Å². The van der Waals surface area contributed by atoms with Gasteiger partial charge in [-0.1, -0.05) is 42.5 Å². The second-order valence-electron chi connectivity index (χ2n) is 8.00. The van der Waals surface area contributed by atoms with E-state index in [2.05, 4.69) is 34.6 Å². The first-order chi connectivity index (χ1) is 16.1. The van der Waals surface area contributed by atoms with Crippen LogP contribution >= 0.6 is 0 Å². The highest BCUT2D eigenvalue weighted by molar-refractivity contribution is 5.74. The largest absolute Gasteiger partial charge is 0.467 e. The average molecular weight is 444 g/mol. The lowest BCUT2D eigenvalue weighted by molar-refractivity contribution is -0.144. The summed E-state index contributed by atoms with van der Waals surface area (Å²) in [5.41, 5.74) is 4.26. The number of methoxy groups -OCH3 is 1. The van der Waals surface area contributed by atoms with E-state index in [1.165, 1.54) is 12.7 Å². The highest BCUT2D eigenvalue weighted by atomic mass is 16.5. The van der Waals surface area contributed by atoms with Gasteiger partial charge in [0.25, 0.3) is 0 Å². The van der Waals surface area contributed by atoms with Gasteiger partial charge in [0.05, 0.1) is 12.8 Å². The fourth-order valence-electron chi connectivity index (χ4n) is 3.82. The molecule has 0 bridgehead atoms. The molecule has 4 rings (SSSR count). The number of carbonyl (C=O) groups is 1. The number of nitrogens with zero attached hydrogens (tertiary/aromatic N) is 2. The van der Waals surface area contributed by atoms with Gasteiger partial charge in [-0.2, -0.15) is 0 Å². The summed E-state index contributed by atoms with van der Waals surface area (Å²) in [6.45, 7) is 3.53. The van der Waals surface area contributed by atoms with Crippen LogP contribution in [0.15, 0.2) is 83.5 Å². The number of oxazole rings is 1. The molecule has 1 atom stereocenters. The second kappa shape index (κ2) is 10.8. The molecule has 4 aromatic rings. The van der Waals surface area contributed by atoms with Crippen molar-refractivity contribution in [2.45, 2.75) is 32.4 Å². The van der Waals surface area contributed by atoms with E-state index >= 15 is 0 Å². The third-order valence-electron chi connectivity index (χ3n) is 5.69. The Morgan fingerprint density at radius 3 is 2.42 bits per heavy atom. The molecular weight excluding hydrogens is 414 g/mol. The molecule has 0 fully saturated rings. The standard InChI is InChI=1S/C27H29N3O3/c1-20-24(29-26(33-20)23-8-4-3-5-9-23)14-15-28-19-22-12-10-21(11-13-22)18-25(27(31)32-2)30-16-6-7-17-30/h3-13,16-17,25,28H,14-15,18-19H2,1-2H3/t25-/m0/s1. The first-order valence-electron chi connectivity index (χ1n) is 11.1. The van der Waals surface area contributed by atoms with Crippen LogP contribution in [0.3, 0.4) is 0 Å². The molecule has 2 aromatic carbocycles. The number of nitrogens with one attached hydrogen (secondary N) is 1. The molecular formula is C27H29N3O3. The van der Waals surface area contributed by atoms with E-state index in [9.17, 15) is 4.79 Å². The molecule has 0 radical (unpaired) electrons. The maximum absolute atomic E-state index is 12.2. The molecule has 0 aliphatic rings. The number of rotatable bonds is 10. The summed E-state index contributed by atoms with van der Waals surface area (Å²) >= 11 is 0. The Morgan fingerprint density at radius 1 is 1.03 bits per heavy atom. The molecule has 33 heavy (non-hydrogen) atoms. The molecule has 6 heteroatoms. The van der Waals surface area contributed by atoms with Crippen LogP contribution in [0.4, 0.5) is 0 Å². The van der Waals surface area contributed by atoms with Crippen molar-refractivity contribution in [2.24, 2.45) is 0 Å². The quantitative estimate of drug-likeness (QED) is 0.283. The minimum atomic E-state index is -0.361. The predicted molar refractivity (Wildman–Crippen MR) is 128 cm³/mol. The van der Waals surface area contributed by atoms with Gasteiger partial charge >= 0.3 is 5.97 Å². The highest BCUT2D eigenvalue weighted by Crippen LogP contribution is 2.21. The molecule has 0 saturated heterocycles. The Kier molecular flexibility index (Phi) is 7.37. The smallest absolute Gasteiger partial charge is 0.329 e. The maximum Gasteiger partial charge on any atom is 0.329 e. The van der Waals surface area contributed by atoms with Gasteiger partial charge in [-0.25, -0.2) is 9.78 Å². The normalized spacial score (nSPS) is 11.9. The van der Waals surface area contributed by atoms with Crippen LogP contribution < -0.4 is 5.32 Å². The van der Waals surface area contributed by atoms with Crippen molar-refractivity contribution in [3.63, 3.8) is 0 Å². The van der Waals surface area contributed by atoms with E-state index in [1.54, 1.807) is 0 Å². The number of aromatic nitrogens is 2. The lowest BCUT2D eigenvalue weighted by atomic mass is 10.0.